The van der Waals surface area contributed by atoms with Gasteiger partial charge < -0.3 is 0 Å². The molecule has 3 aromatic rings. The summed E-state index contributed by atoms with van der Waals surface area (Å²) in [6.07, 6.45) is -0.443. The molecule has 0 aliphatic heterocycles. The van der Waals surface area contributed by atoms with Crippen molar-refractivity contribution in [3.05, 3.63) is 63.8 Å². The van der Waals surface area contributed by atoms with E-state index in [4.69, 9.17) is 28.5 Å². The standard InChI is InChI=1S/C18H12Cl2N2O3S/c1-11-2-4-13(5-3-11)26(24,25)22-16-10-15(20)14(19)8-12(16)9-17(22)18(23)6-7-21/h2-5,8-10H,6H2,1H3. The Kier molecular flexibility index (Phi) is 4.80. The van der Waals surface area contributed by atoms with Gasteiger partial charge in [-0.15, -0.1) is 0 Å². The Morgan fingerprint density at radius 3 is 2.35 bits per heavy atom. The lowest BCUT2D eigenvalue weighted by molar-refractivity contribution is 0.0992. The Bertz CT molecular complexity index is 1170. The number of carbonyl (C=O) groups is 1. The van der Waals surface area contributed by atoms with E-state index in [2.05, 4.69) is 0 Å². The number of hydrogen-bond donors (Lipinski definition) is 0. The van der Waals surface area contributed by atoms with Crippen LogP contribution >= 0.6 is 23.2 Å². The van der Waals surface area contributed by atoms with Crippen molar-refractivity contribution in [3.8, 4) is 6.07 Å². The first-order valence-electron chi connectivity index (χ1n) is 7.48. The fraction of sp³-hybridized carbons (Fsp3) is 0.111. The van der Waals surface area contributed by atoms with E-state index in [9.17, 15) is 13.2 Å². The Hall–Kier alpha value is -2.33. The lowest BCUT2D eigenvalue weighted by Gasteiger charge is -2.11. The number of fused-ring (bicyclic) bond motifs is 1. The van der Waals surface area contributed by atoms with Gasteiger partial charge in [-0.25, -0.2) is 12.4 Å². The summed E-state index contributed by atoms with van der Waals surface area (Å²) >= 11 is 12.1. The van der Waals surface area contributed by atoms with E-state index in [0.717, 1.165) is 9.54 Å². The number of halogens is 2. The van der Waals surface area contributed by atoms with E-state index < -0.39 is 22.2 Å². The highest BCUT2D eigenvalue weighted by Crippen LogP contribution is 2.33. The zero-order valence-corrected chi connectivity index (χ0v) is 15.9. The average Bonchev–Trinajstić information content (AvgIpc) is 2.95. The van der Waals surface area contributed by atoms with Crippen LogP contribution < -0.4 is 0 Å². The van der Waals surface area contributed by atoms with E-state index >= 15 is 0 Å². The van der Waals surface area contributed by atoms with Gasteiger partial charge in [0.05, 0.1) is 26.5 Å². The predicted molar refractivity (Wildman–Crippen MR) is 100 cm³/mol. The maximum atomic E-state index is 13.2. The third-order valence-corrected chi connectivity index (χ3v) is 6.35. The van der Waals surface area contributed by atoms with Crippen LogP contribution in [0.25, 0.3) is 10.9 Å². The van der Waals surface area contributed by atoms with Gasteiger partial charge in [-0.05, 0) is 37.3 Å². The Labute approximate surface area is 160 Å². The molecule has 8 heteroatoms. The summed E-state index contributed by atoms with van der Waals surface area (Å²) in [4.78, 5) is 12.4. The number of ketones is 1. The molecular weight excluding hydrogens is 395 g/mol. The number of benzene rings is 2. The summed E-state index contributed by atoms with van der Waals surface area (Å²) < 4.78 is 27.3. The van der Waals surface area contributed by atoms with Crippen molar-refractivity contribution in [2.24, 2.45) is 0 Å². The highest BCUT2D eigenvalue weighted by atomic mass is 35.5. The van der Waals surface area contributed by atoms with Gasteiger partial charge in [0.1, 0.15) is 12.1 Å². The van der Waals surface area contributed by atoms with E-state index in [1.807, 2.05) is 6.92 Å². The molecule has 0 saturated heterocycles. The zero-order valence-electron chi connectivity index (χ0n) is 13.5. The summed E-state index contributed by atoms with van der Waals surface area (Å²) in [5, 5.41) is 9.67. The summed E-state index contributed by atoms with van der Waals surface area (Å²) in [5.41, 5.74) is 1.01. The normalized spacial score (nSPS) is 11.5. The van der Waals surface area contributed by atoms with Gasteiger partial charge in [-0.1, -0.05) is 40.9 Å². The van der Waals surface area contributed by atoms with Gasteiger partial charge in [0.2, 0.25) is 0 Å². The monoisotopic (exact) mass is 406 g/mol. The molecule has 1 aromatic heterocycles. The van der Waals surface area contributed by atoms with E-state index in [1.54, 1.807) is 18.2 Å². The first-order chi connectivity index (χ1) is 12.3. The van der Waals surface area contributed by atoms with Crippen molar-refractivity contribution in [2.45, 2.75) is 18.2 Å². The number of nitriles is 1. The number of aromatic nitrogens is 1. The average molecular weight is 407 g/mol. The van der Waals surface area contributed by atoms with Crippen molar-refractivity contribution >= 4 is 49.9 Å². The molecule has 5 nitrogen and oxygen atoms in total. The minimum atomic E-state index is -4.08. The van der Waals surface area contributed by atoms with Crippen molar-refractivity contribution in [2.75, 3.05) is 0 Å². The van der Waals surface area contributed by atoms with Gasteiger partial charge in [-0.3, -0.25) is 4.79 Å². The number of carbonyl (C=O) groups excluding carboxylic acids is 1. The molecule has 0 spiro atoms. The van der Waals surface area contributed by atoms with Crippen LogP contribution in [0.15, 0.2) is 47.4 Å². The fourth-order valence-electron chi connectivity index (χ4n) is 2.61. The van der Waals surface area contributed by atoms with Crippen molar-refractivity contribution < 1.29 is 13.2 Å². The smallest absolute Gasteiger partial charge is 0.268 e. The van der Waals surface area contributed by atoms with E-state index in [-0.39, 0.29) is 26.2 Å². The molecule has 3 rings (SSSR count). The molecule has 132 valence electrons. The number of rotatable bonds is 4. The molecule has 1 heterocycles. The molecule has 0 unspecified atom stereocenters. The lowest BCUT2D eigenvalue weighted by Crippen LogP contribution is -2.18. The van der Waals surface area contributed by atoms with Crippen LogP contribution in [-0.4, -0.2) is 18.2 Å². The second-order valence-corrected chi connectivity index (χ2v) is 8.30. The summed E-state index contributed by atoms with van der Waals surface area (Å²) in [7, 11) is -4.08. The topological polar surface area (TPSA) is 79.9 Å². The molecule has 0 radical (unpaired) electrons. The van der Waals surface area contributed by atoms with Crippen LogP contribution in [0, 0.1) is 18.3 Å². The van der Waals surface area contributed by atoms with Gasteiger partial charge in [0.15, 0.2) is 5.78 Å². The molecule has 26 heavy (non-hydrogen) atoms. The molecule has 0 aliphatic rings. The van der Waals surface area contributed by atoms with Gasteiger partial charge in [-0.2, -0.15) is 5.26 Å². The van der Waals surface area contributed by atoms with Crippen molar-refractivity contribution in [1.82, 2.24) is 3.97 Å². The zero-order chi connectivity index (χ0) is 19.1. The SMILES string of the molecule is Cc1ccc(S(=O)(=O)n2c(C(=O)CC#N)cc3cc(Cl)c(Cl)cc32)cc1. The Morgan fingerprint density at radius 2 is 1.73 bits per heavy atom. The van der Waals surface area contributed by atoms with Crippen molar-refractivity contribution in [1.29, 1.82) is 5.26 Å². The van der Waals surface area contributed by atoms with Crippen LogP contribution in [0.4, 0.5) is 0 Å². The largest absolute Gasteiger partial charge is 0.291 e. The molecule has 0 bridgehead atoms. The second-order valence-electron chi connectivity index (χ2n) is 5.70. The van der Waals surface area contributed by atoms with Crippen molar-refractivity contribution in [3.63, 3.8) is 0 Å². The van der Waals surface area contributed by atoms with E-state index in [0.29, 0.717) is 5.39 Å². The minimum Gasteiger partial charge on any atom is -0.291 e. The van der Waals surface area contributed by atoms with Crippen LogP contribution in [0.3, 0.4) is 0 Å². The lowest BCUT2D eigenvalue weighted by atomic mass is 10.2. The Balaban J connectivity index is 2.37. The van der Waals surface area contributed by atoms with E-state index in [1.165, 1.54) is 30.3 Å². The quantitative estimate of drug-likeness (QED) is 0.593. The molecule has 2 aromatic carbocycles. The third-order valence-electron chi connectivity index (χ3n) is 3.88. The molecule has 0 aliphatic carbocycles. The van der Waals surface area contributed by atoms with Crippen LogP contribution in [0.2, 0.25) is 10.0 Å². The molecule has 0 atom stereocenters. The first-order valence-corrected chi connectivity index (χ1v) is 9.68. The fourth-order valence-corrected chi connectivity index (χ4v) is 4.46. The summed E-state index contributed by atoms with van der Waals surface area (Å²) in [6, 6.07) is 12.3. The maximum Gasteiger partial charge on any atom is 0.268 e. The number of aryl methyl sites for hydroxylation is 1. The number of nitrogens with zero attached hydrogens (tertiary/aromatic N) is 2. The molecule has 0 fully saturated rings. The molecule has 0 amide bonds. The maximum absolute atomic E-state index is 13.2. The predicted octanol–water partition coefficient (Wildman–Crippen LogP) is 4.59. The number of Topliss-reactive ketones (excluding diaryl/α,β-unsaturated/α-hetero) is 1. The van der Waals surface area contributed by atoms with Crippen LogP contribution in [0.1, 0.15) is 22.5 Å². The highest BCUT2D eigenvalue weighted by Gasteiger charge is 2.26. The molecular formula is C18H12Cl2N2O3S. The van der Waals surface area contributed by atoms with Gasteiger partial charge >= 0.3 is 0 Å². The summed E-state index contributed by atoms with van der Waals surface area (Å²) in [5.74, 6) is -0.605. The highest BCUT2D eigenvalue weighted by molar-refractivity contribution is 7.90. The van der Waals surface area contributed by atoms with Crippen LogP contribution in [0.5, 0.6) is 0 Å². The minimum absolute atomic E-state index is 0.0256. The number of hydrogen-bond acceptors (Lipinski definition) is 4. The Morgan fingerprint density at radius 1 is 1.12 bits per heavy atom. The van der Waals surface area contributed by atoms with Crippen LogP contribution in [-0.2, 0) is 10.0 Å². The van der Waals surface area contributed by atoms with Gasteiger partial charge in [0, 0.05) is 5.39 Å². The van der Waals surface area contributed by atoms with Gasteiger partial charge in [0.25, 0.3) is 10.0 Å². The molecule has 0 N–H and O–H groups in total. The third kappa shape index (κ3) is 3.10. The summed E-state index contributed by atoms with van der Waals surface area (Å²) in [6.45, 7) is 1.84. The second kappa shape index (κ2) is 6.76. The first kappa shape index (κ1) is 18.5. The molecule has 0 saturated carbocycles.